The average Bonchev–Trinajstić information content (AvgIpc) is 3.09. The van der Waals surface area contributed by atoms with Gasteiger partial charge in [-0.3, -0.25) is 9.59 Å². The van der Waals surface area contributed by atoms with Crippen molar-refractivity contribution in [2.45, 2.75) is 33.6 Å². The van der Waals surface area contributed by atoms with Gasteiger partial charge in [-0.15, -0.1) is 0 Å². The number of benzene rings is 2. The van der Waals surface area contributed by atoms with Gasteiger partial charge in [-0.25, -0.2) is 9.37 Å². The number of nitrogens with zero attached hydrogens (tertiary/aromatic N) is 2. The highest BCUT2D eigenvalue weighted by molar-refractivity contribution is 7.23. The summed E-state index contributed by atoms with van der Waals surface area (Å²) in [5, 5.41) is 5.23. The fraction of sp³-hybridized carbons (Fsp3) is 0.409. The van der Waals surface area contributed by atoms with Crippen LogP contribution in [-0.4, -0.2) is 34.8 Å². The second kappa shape index (κ2) is 7.37. The normalized spacial score (nSPS) is 15.8. The third kappa shape index (κ3) is 3.96. The highest BCUT2D eigenvalue weighted by Gasteiger charge is 2.32. The standard InChI is InChI=1S/C22H24FN3O2S/c1-22(2,3)20(28)26-10-8-13(9-11-26)19(27)25-21-24-17-7-4-14-12-15(23)5-6-16(14)18(17)29-21/h4-7,12-13H,8-11H2,1-3H3,(H,24,25,27). The minimum atomic E-state index is -0.401. The number of anilines is 1. The van der Waals surface area contributed by atoms with Gasteiger partial charge in [0.25, 0.3) is 0 Å². The van der Waals surface area contributed by atoms with Gasteiger partial charge in [-0.2, -0.15) is 0 Å². The summed E-state index contributed by atoms with van der Waals surface area (Å²) in [5.74, 6) is -0.323. The number of rotatable bonds is 2. The summed E-state index contributed by atoms with van der Waals surface area (Å²) in [7, 11) is 0. The third-order valence-electron chi connectivity index (χ3n) is 5.36. The van der Waals surface area contributed by atoms with E-state index in [-0.39, 0.29) is 23.5 Å². The molecular formula is C22H24FN3O2S. The number of hydrogen-bond acceptors (Lipinski definition) is 4. The van der Waals surface area contributed by atoms with E-state index in [9.17, 15) is 14.0 Å². The van der Waals surface area contributed by atoms with E-state index in [0.29, 0.717) is 31.1 Å². The van der Waals surface area contributed by atoms with Crippen LogP contribution in [0.4, 0.5) is 9.52 Å². The Morgan fingerprint density at radius 1 is 1.17 bits per heavy atom. The summed E-state index contributed by atoms with van der Waals surface area (Å²) in [5.41, 5.74) is 0.386. The molecule has 1 saturated heterocycles. The third-order valence-corrected chi connectivity index (χ3v) is 6.38. The molecule has 1 aliphatic heterocycles. The molecule has 152 valence electrons. The van der Waals surface area contributed by atoms with E-state index < -0.39 is 5.41 Å². The Labute approximate surface area is 172 Å². The molecule has 1 N–H and O–H groups in total. The minimum Gasteiger partial charge on any atom is -0.342 e. The summed E-state index contributed by atoms with van der Waals surface area (Å²) < 4.78 is 14.4. The number of thiazole rings is 1. The van der Waals surface area contributed by atoms with Gasteiger partial charge in [-0.05, 0) is 42.5 Å². The van der Waals surface area contributed by atoms with E-state index in [2.05, 4.69) is 10.3 Å². The molecule has 0 bridgehead atoms. The van der Waals surface area contributed by atoms with E-state index in [0.717, 1.165) is 21.0 Å². The molecular weight excluding hydrogens is 389 g/mol. The fourth-order valence-corrected chi connectivity index (χ4v) is 4.77. The molecule has 4 rings (SSSR count). The van der Waals surface area contributed by atoms with Crippen LogP contribution in [0.3, 0.4) is 0 Å². The number of nitrogens with one attached hydrogen (secondary N) is 1. The lowest BCUT2D eigenvalue weighted by molar-refractivity contribution is -0.142. The first-order valence-corrected chi connectivity index (χ1v) is 10.6. The molecule has 0 radical (unpaired) electrons. The van der Waals surface area contributed by atoms with E-state index in [1.165, 1.54) is 23.5 Å². The smallest absolute Gasteiger partial charge is 0.229 e. The highest BCUT2D eigenvalue weighted by atomic mass is 32.1. The number of fused-ring (bicyclic) bond motifs is 3. The molecule has 0 unspecified atom stereocenters. The van der Waals surface area contributed by atoms with Crippen molar-refractivity contribution >= 4 is 49.3 Å². The second-order valence-corrected chi connectivity index (χ2v) is 9.60. The SMILES string of the molecule is CC(C)(C)C(=O)N1CCC(C(=O)Nc2nc3ccc4cc(F)ccc4c3s2)CC1. The van der Waals surface area contributed by atoms with Crippen LogP contribution >= 0.6 is 11.3 Å². The zero-order valence-electron chi connectivity index (χ0n) is 16.8. The molecule has 3 aromatic rings. The van der Waals surface area contributed by atoms with Crippen molar-refractivity contribution in [3.05, 3.63) is 36.1 Å². The Morgan fingerprint density at radius 2 is 1.90 bits per heavy atom. The molecule has 2 amide bonds. The van der Waals surface area contributed by atoms with Gasteiger partial charge in [0.15, 0.2) is 5.13 Å². The zero-order valence-corrected chi connectivity index (χ0v) is 17.6. The molecule has 0 atom stereocenters. The van der Waals surface area contributed by atoms with Crippen molar-refractivity contribution in [3.8, 4) is 0 Å². The lowest BCUT2D eigenvalue weighted by Crippen LogP contribution is -2.45. The summed E-state index contributed by atoms with van der Waals surface area (Å²) in [6, 6.07) is 8.37. The number of carbonyl (C=O) groups is 2. The molecule has 2 heterocycles. The maximum Gasteiger partial charge on any atom is 0.229 e. The predicted octanol–water partition coefficient (Wildman–Crippen LogP) is 4.81. The Bertz CT molecular complexity index is 1090. The molecule has 0 aliphatic carbocycles. The van der Waals surface area contributed by atoms with Crippen molar-refractivity contribution in [1.29, 1.82) is 0 Å². The van der Waals surface area contributed by atoms with Crippen molar-refractivity contribution < 1.29 is 14.0 Å². The second-order valence-electron chi connectivity index (χ2n) is 8.60. The maximum atomic E-state index is 13.5. The quantitative estimate of drug-likeness (QED) is 0.656. The first kappa shape index (κ1) is 19.8. The molecule has 5 nitrogen and oxygen atoms in total. The van der Waals surface area contributed by atoms with Gasteiger partial charge < -0.3 is 10.2 Å². The summed E-state index contributed by atoms with van der Waals surface area (Å²) in [6.07, 6.45) is 1.31. The molecule has 2 aromatic carbocycles. The molecule has 29 heavy (non-hydrogen) atoms. The lowest BCUT2D eigenvalue weighted by Gasteiger charge is -2.35. The van der Waals surface area contributed by atoms with Gasteiger partial charge in [-0.1, -0.05) is 38.2 Å². The van der Waals surface area contributed by atoms with Gasteiger partial charge in [0, 0.05) is 29.8 Å². The van der Waals surface area contributed by atoms with Crippen molar-refractivity contribution in [2.75, 3.05) is 18.4 Å². The maximum absolute atomic E-state index is 13.5. The first-order chi connectivity index (χ1) is 13.7. The van der Waals surface area contributed by atoms with Crippen molar-refractivity contribution in [2.24, 2.45) is 11.3 Å². The van der Waals surface area contributed by atoms with Gasteiger partial charge in [0.2, 0.25) is 11.8 Å². The van der Waals surface area contributed by atoms with Crippen LogP contribution in [0.25, 0.3) is 21.0 Å². The van der Waals surface area contributed by atoms with Crippen LogP contribution in [0.2, 0.25) is 0 Å². The minimum absolute atomic E-state index is 0.0535. The Kier molecular flexibility index (Phi) is 5.02. The highest BCUT2D eigenvalue weighted by Crippen LogP contribution is 2.33. The summed E-state index contributed by atoms with van der Waals surface area (Å²) >= 11 is 1.40. The van der Waals surface area contributed by atoms with Crippen LogP contribution in [0, 0.1) is 17.2 Å². The molecule has 0 spiro atoms. The van der Waals surface area contributed by atoms with Gasteiger partial charge in [0.05, 0.1) is 10.2 Å². The zero-order chi connectivity index (χ0) is 20.8. The average molecular weight is 414 g/mol. The number of amides is 2. The number of likely N-dealkylation sites (tertiary alicyclic amines) is 1. The largest absolute Gasteiger partial charge is 0.342 e. The molecule has 7 heteroatoms. The predicted molar refractivity (Wildman–Crippen MR) is 114 cm³/mol. The van der Waals surface area contributed by atoms with Crippen LogP contribution < -0.4 is 5.32 Å². The van der Waals surface area contributed by atoms with Gasteiger partial charge in [0.1, 0.15) is 5.82 Å². The summed E-state index contributed by atoms with van der Waals surface area (Å²) in [6.45, 7) is 6.95. The number of halogens is 1. The number of hydrogen-bond donors (Lipinski definition) is 1. The van der Waals surface area contributed by atoms with Crippen LogP contribution in [0.15, 0.2) is 30.3 Å². The van der Waals surface area contributed by atoms with Crippen molar-refractivity contribution in [3.63, 3.8) is 0 Å². The van der Waals surface area contributed by atoms with E-state index in [1.807, 2.05) is 37.8 Å². The van der Waals surface area contributed by atoms with Crippen LogP contribution in [-0.2, 0) is 9.59 Å². The summed E-state index contributed by atoms with van der Waals surface area (Å²) in [4.78, 5) is 31.5. The first-order valence-electron chi connectivity index (χ1n) is 9.81. The Balaban J connectivity index is 1.46. The van der Waals surface area contributed by atoms with E-state index in [1.54, 1.807) is 6.07 Å². The van der Waals surface area contributed by atoms with E-state index >= 15 is 0 Å². The van der Waals surface area contributed by atoms with Crippen LogP contribution in [0.1, 0.15) is 33.6 Å². The number of carbonyl (C=O) groups excluding carboxylic acids is 2. The lowest BCUT2D eigenvalue weighted by atomic mass is 9.91. The Hall–Kier alpha value is -2.54. The van der Waals surface area contributed by atoms with Crippen molar-refractivity contribution in [1.82, 2.24) is 9.88 Å². The Morgan fingerprint density at radius 3 is 2.59 bits per heavy atom. The number of aromatic nitrogens is 1. The van der Waals surface area contributed by atoms with Gasteiger partial charge >= 0.3 is 0 Å². The monoisotopic (exact) mass is 413 g/mol. The molecule has 1 aliphatic rings. The molecule has 1 aromatic heterocycles. The van der Waals surface area contributed by atoms with Crippen LogP contribution in [0.5, 0.6) is 0 Å². The molecule has 1 fully saturated rings. The van der Waals surface area contributed by atoms with E-state index in [4.69, 9.17) is 0 Å². The topological polar surface area (TPSA) is 62.3 Å². The fourth-order valence-electron chi connectivity index (χ4n) is 3.76. The number of piperidine rings is 1. The molecule has 0 saturated carbocycles.